The van der Waals surface area contributed by atoms with E-state index >= 15 is 0 Å². The summed E-state index contributed by atoms with van der Waals surface area (Å²) in [6.07, 6.45) is 14.9. The molecule has 25 heteroatoms. The number of allylic oxidation sites excluding steroid dienone is 8. The number of carbonyl (C=O) groups excluding carboxylic acids is 8. The first-order valence-electron chi connectivity index (χ1n) is 43.5. The summed E-state index contributed by atoms with van der Waals surface area (Å²) in [5.41, 5.74) is 7.84. The summed E-state index contributed by atoms with van der Waals surface area (Å²) in [5.74, 6) is 11.8. The molecule has 7 fully saturated rings. The number of hydrogen-bond acceptors (Lipinski definition) is 18. The first kappa shape index (κ1) is 91.4. The number of amides is 5. The summed E-state index contributed by atoms with van der Waals surface area (Å²) >= 11 is 0. The van der Waals surface area contributed by atoms with Gasteiger partial charge in [0.05, 0.1) is 19.1 Å². The van der Waals surface area contributed by atoms with E-state index in [0.29, 0.717) is 88.5 Å². The number of rotatable bonds is 15. The smallest absolute Gasteiger partial charge is 0.410 e. The monoisotopic (exact) mass is 1650 g/mol. The number of aliphatic carboxylic acids is 2. The second-order valence-corrected chi connectivity index (χ2v) is 38.6. The van der Waals surface area contributed by atoms with Gasteiger partial charge in [0, 0.05) is 133 Å². The van der Waals surface area contributed by atoms with Crippen LogP contribution >= 0.6 is 0 Å². The third-order valence-corrected chi connectivity index (χ3v) is 27.2. The Hall–Kier alpha value is -9.30. The highest BCUT2D eigenvalue weighted by Gasteiger charge is 2.64. The molecule has 0 radical (unpaired) electrons. The zero-order chi connectivity index (χ0) is 87.5. The molecule has 3 heterocycles. The van der Waals surface area contributed by atoms with E-state index in [1.165, 1.54) is 71.1 Å². The number of benzene rings is 2. The Morgan fingerprint density at radius 2 is 0.942 bits per heavy atom. The number of nitrogens with zero attached hydrogens (tertiary/aromatic N) is 7. The SMILES string of the molecule is CC#C[C@]1(O)CC[C@H]2[C@@H]3CCC4=CC(=O)CCC4=C3[C@@H](c3ccc(N(C)CCCC(=O)N4CCN(C(=O)OC(C)(C)C)CC4C(=O)N4CCN(C(=O)OC(C)(C)C)CC4C(=O)O)cc3)C[C@@]21C.CC#C[C@]1(O)CC[C@H]2[C@@H]3CCC4=CC(=O)CCC4=C3[C@@H](c3ccc(N(C)CCCC(=O)O)cc3)C[C@@]21C.CC(=O)C1CN(C(=O)OC(C)(C)C)CCN1. The largest absolute Gasteiger partial charge is 0.481 e. The minimum Gasteiger partial charge on any atom is -0.481 e. The molecule has 5 amide bonds. The van der Waals surface area contributed by atoms with Gasteiger partial charge in [0.1, 0.15) is 45.9 Å². The maximum atomic E-state index is 14.5. The van der Waals surface area contributed by atoms with Crippen LogP contribution in [-0.2, 0) is 47.8 Å². The average molecular weight is 1660 g/mol. The number of carboxylic acid groups (broad SMARTS) is 2. The second-order valence-electron chi connectivity index (χ2n) is 38.6. The van der Waals surface area contributed by atoms with Crippen LogP contribution in [0.2, 0.25) is 0 Å². The molecule has 13 atom stereocenters. The lowest BCUT2D eigenvalue weighted by molar-refractivity contribution is -0.159. The molecule has 2 aromatic rings. The van der Waals surface area contributed by atoms with Crippen molar-refractivity contribution in [3.63, 3.8) is 0 Å². The van der Waals surface area contributed by atoms with Crippen LogP contribution < -0.4 is 15.1 Å². The lowest BCUT2D eigenvalue weighted by atomic mass is 9.51. The van der Waals surface area contributed by atoms with Crippen molar-refractivity contribution >= 4 is 70.8 Å². The molecular formula is C95H130N8O17. The van der Waals surface area contributed by atoms with E-state index in [2.05, 4.69) is 101 Å². The van der Waals surface area contributed by atoms with Gasteiger partial charge in [-0.3, -0.25) is 28.8 Å². The van der Waals surface area contributed by atoms with Crippen molar-refractivity contribution in [1.82, 2.24) is 29.8 Å². The topological polar surface area (TPSA) is 314 Å². The van der Waals surface area contributed by atoms with Crippen molar-refractivity contribution in [2.75, 3.05) is 95.9 Å². The van der Waals surface area contributed by atoms with Crippen molar-refractivity contribution in [2.24, 2.45) is 34.5 Å². The van der Waals surface area contributed by atoms with Crippen LogP contribution in [0.3, 0.4) is 0 Å². The molecule has 25 nitrogen and oxygen atoms in total. The molecule has 2 aromatic carbocycles. The van der Waals surface area contributed by atoms with Gasteiger partial charge >= 0.3 is 30.2 Å². The number of carboxylic acids is 2. The lowest BCUT2D eigenvalue weighted by Crippen LogP contribution is -2.67. The Morgan fingerprint density at radius 3 is 1.34 bits per heavy atom. The third-order valence-electron chi connectivity index (χ3n) is 27.2. The first-order chi connectivity index (χ1) is 56.4. The van der Waals surface area contributed by atoms with E-state index in [0.717, 1.165) is 82.0 Å². The quantitative estimate of drug-likeness (QED) is 0.0817. The summed E-state index contributed by atoms with van der Waals surface area (Å²) < 4.78 is 16.3. The zero-order valence-corrected chi connectivity index (χ0v) is 73.7. The first-order valence-corrected chi connectivity index (χ1v) is 43.5. The van der Waals surface area contributed by atoms with Crippen LogP contribution in [0.15, 0.2) is 94.1 Å². The third kappa shape index (κ3) is 20.2. The number of nitrogens with one attached hydrogen (secondary N) is 1. The number of ketones is 3. The van der Waals surface area contributed by atoms with E-state index in [-0.39, 0.29) is 110 Å². The van der Waals surface area contributed by atoms with E-state index in [1.807, 2.05) is 53.9 Å². The normalized spacial score (nSPS) is 28.9. The fourth-order valence-corrected chi connectivity index (χ4v) is 21.3. The number of fused-ring (bicyclic) bond motifs is 8. The van der Waals surface area contributed by atoms with Crippen molar-refractivity contribution < 1.29 is 82.6 Å². The highest BCUT2D eigenvalue weighted by Crippen LogP contribution is 2.69. The molecule has 0 aromatic heterocycles. The van der Waals surface area contributed by atoms with Crippen LogP contribution in [0.4, 0.5) is 25.8 Å². The van der Waals surface area contributed by atoms with Crippen LogP contribution in [0.5, 0.6) is 0 Å². The average Bonchev–Trinajstić information content (AvgIpc) is 1.50. The standard InChI is InChI=1S/C52H71N5O10.C32H39NO4.C11H20N2O3/c1-10-22-52(65)23-21-40-38-19-15-34-29-36(58)18-20-37(34)44(38)39(30-51(40,52)8)33-13-16-35(17-14-33)53(9)24-11-12-43(59)56-27-25-54(47(63)66-49(2,3)4)31-41(56)45(60)57-28-26-55(32-42(57)46(61)62)48(64)67-50(5,6)7;1-4-16-32(37)17-15-28-26-13-9-22-19-24(34)12-14-25(22)30(26)27(20-31(28,32)2)21-7-10-23(11-8-21)33(3)18-5-6-29(35)36;1-8(14)9-7-13(6-5-12-9)10(15)16-11(2,3)4/h13-14,16-17,29,38-42,65H,11-12,15,18-21,23-28,30-32H2,1-9H3,(H,61,62);7-8,10-11,19,26-28,37H,5-6,9,12-15,17-18,20H2,1-3H3,(H,35,36);9,12H,5-7H2,1-4H3/t38-,39+,40-,41?,42?,51-,52-;26-,27+,28-,31-,32-;/m00./s1. The number of piperazine rings is 3. The molecule has 4 saturated carbocycles. The van der Waals surface area contributed by atoms with Gasteiger partial charge in [-0.25, -0.2) is 19.2 Å². The number of carbonyl (C=O) groups is 10. The zero-order valence-electron chi connectivity index (χ0n) is 73.7. The molecule has 0 bridgehead atoms. The minimum absolute atomic E-state index is 0.0338. The van der Waals surface area contributed by atoms with Gasteiger partial charge in [0.25, 0.3) is 0 Å². The number of anilines is 2. The number of ether oxygens (including phenoxy) is 3. The molecule has 5 N–H and O–H groups in total. The Morgan fingerprint density at radius 1 is 0.533 bits per heavy atom. The lowest BCUT2D eigenvalue weighted by Gasteiger charge is -2.53. The van der Waals surface area contributed by atoms with Crippen molar-refractivity contribution in [2.45, 2.75) is 270 Å². The second kappa shape index (κ2) is 36.8. The van der Waals surface area contributed by atoms with Crippen molar-refractivity contribution in [1.29, 1.82) is 0 Å². The Bertz CT molecular complexity index is 4520. The van der Waals surface area contributed by atoms with Gasteiger partial charge in [0.15, 0.2) is 11.6 Å². The van der Waals surface area contributed by atoms with Gasteiger partial charge in [-0.2, -0.15) is 0 Å². The summed E-state index contributed by atoms with van der Waals surface area (Å²) in [5, 5.41) is 46.2. The molecule has 13 rings (SSSR count). The molecule has 3 unspecified atom stereocenters. The number of Topliss-reactive ketones (excluding diaryl/α,β-unsaturated/α-hetero) is 1. The van der Waals surface area contributed by atoms with Crippen molar-refractivity contribution in [3.05, 3.63) is 105 Å². The molecule has 3 aliphatic heterocycles. The van der Waals surface area contributed by atoms with Gasteiger partial charge in [-0.05, 0) is 266 Å². The Labute approximate surface area is 709 Å². The fourth-order valence-electron chi connectivity index (χ4n) is 21.3. The van der Waals surface area contributed by atoms with Gasteiger partial charge in [0.2, 0.25) is 11.8 Å². The van der Waals surface area contributed by atoms with E-state index in [4.69, 9.17) is 19.3 Å². The molecular weight excluding hydrogens is 1530 g/mol. The maximum Gasteiger partial charge on any atom is 0.410 e. The summed E-state index contributed by atoms with van der Waals surface area (Å²) in [7, 11) is 3.98. The Kier molecular flexibility index (Phi) is 28.0. The van der Waals surface area contributed by atoms with Crippen LogP contribution in [0.1, 0.15) is 235 Å². The van der Waals surface area contributed by atoms with E-state index < -0.39 is 70.1 Å². The number of aliphatic hydroxyl groups is 2. The van der Waals surface area contributed by atoms with Gasteiger partial charge < -0.3 is 74.3 Å². The van der Waals surface area contributed by atoms with Crippen LogP contribution in [0.25, 0.3) is 0 Å². The summed E-state index contributed by atoms with van der Waals surface area (Å²) in [6.45, 7) is 28.0. The van der Waals surface area contributed by atoms with Gasteiger partial charge in [-0.1, -0.05) is 61.1 Å². The number of hydrogen-bond donors (Lipinski definition) is 5. The van der Waals surface area contributed by atoms with Crippen LogP contribution in [0, 0.1) is 58.2 Å². The summed E-state index contributed by atoms with van der Waals surface area (Å²) in [6, 6.07) is 14.5. The van der Waals surface area contributed by atoms with Crippen LogP contribution in [-0.4, -0.2) is 237 Å². The van der Waals surface area contributed by atoms with E-state index in [9.17, 15) is 63.3 Å². The predicted molar refractivity (Wildman–Crippen MR) is 457 cm³/mol. The van der Waals surface area contributed by atoms with E-state index in [1.54, 1.807) is 53.4 Å². The molecule has 120 heavy (non-hydrogen) atoms. The van der Waals surface area contributed by atoms with Gasteiger partial charge in [-0.15, -0.1) is 11.8 Å². The summed E-state index contributed by atoms with van der Waals surface area (Å²) in [4.78, 5) is 137. The molecule has 0 spiro atoms. The highest BCUT2D eigenvalue weighted by atomic mass is 16.6. The van der Waals surface area contributed by atoms with Crippen molar-refractivity contribution in [3.8, 4) is 23.7 Å². The molecule has 652 valence electrons. The Balaban J connectivity index is 0.000000219. The fraction of sp³-hybridized carbons (Fsp3) is 0.642. The molecule has 11 aliphatic rings. The maximum absolute atomic E-state index is 14.5. The molecule has 8 aliphatic carbocycles. The molecule has 3 saturated heterocycles. The predicted octanol–water partition coefficient (Wildman–Crippen LogP) is 13.0. The highest BCUT2D eigenvalue weighted by molar-refractivity contribution is 5.94. The minimum atomic E-state index is -1.39.